The number of carbonyl (C=O) groups excluding carboxylic acids is 1. The molecule has 5 heteroatoms. The molecule has 1 aliphatic heterocycles. The molecule has 2 unspecified atom stereocenters. The summed E-state index contributed by atoms with van der Waals surface area (Å²) in [6, 6.07) is 0.312. The van der Waals surface area contributed by atoms with Crippen LogP contribution in [0, 0.1) is 11.8 Å². The van der Waals surface area contributed by atoms with Crippen LogP contribution in [0.4, 0.5) is 4.79 Å². The van der Waals surface area contributed by atoms with Gasteiger partial charge in [0.25, 0.3) is 0 Å². The number of unbranched alkanes of at least 4 members (excludes halogenated alkanes) is 1. The minimum Gasteiger partial charge on any atom is -0.481 e. The first-order valence-corrected chi connectivity index (χ1v) is 7.70. The third-order valence-corrected chi connectivity index (χ3v) is 4.40. The van der Waals surface area contributed by atoms with Gasteiger partial charge < -0.3 is 14.9 Å². The van der Waals surface area contributed by atoms with Crippen LogP contribution in [0.25, 0.3) is 0 Å². The van der Waals surface area contributed by atoms with Crippen molar-refractivity contribution in [1.82, 2.24) is 9.80 Å². The normalized spacial score (nSPS) is 18.3. The number of urea groups is 1. The first kappa shape index (κ1) is 16.8. The van der Waals surface area contributed by atoms with Crippen molar-refractivity contribution in [2.45, 2.75) is 53.0 Å². The molecule has 0 bridgehead atoms. The lowest BCUT2D eigenvalue weighted by molar-refractivity contribution is -0.145. The van der Waals surface area contributed by atoms with E-state index in [0.717, 1.165) is 25.8 Å². The van der Waals surface area contributed by atoms with E-state index >= 15 is 0 Å². The Hall–Kier alpha value is -1.26. The lowest BCUT2D eigenvalue weighted by Crippen LogP contribution is -2.58. The van der Waals surface area contributed by atoms with Gasteiger partial charge in [-0.2, -0.15) is 0 Å². The molecule has 0 aromatic carbocycles. The Bertz CT molecular complexity index is 340. The summed E-state index contributed by atoms with van der Waals surface area (Å²) >= 11 is 0. The van der Waals surface area contributed by atoms with E-state index in [1.54, 1.807) is 11.8 Å². The molecule has 1 heterocycles. The number of likely N-dealkylation sites (tertiary alicyclic amines) is 1. The Morgan fingerprint density at radius 1 is 1.30 bits per heavy atom. The van der Waals surface area contributed by atoms with E-state index in [4.69, 9.17) is 5.11 Å². The number of nitrogens with zero attached hydrogens (tertiary/aromatic N) is 2. The molecule has 1 saturated heterocycles. The highest BCUT2D eigenvalue weighted by Crippen LogP contribution is 2.26. The lowest BCUT2D eigenvalue weighted by Gasteiger charge is -2.44. The maximum absolute atomic E-state index is 12.5. The molecule has 1 N–H and O–H groups in total. The number of hydrogen-bond acceptors (Lipinski definition) is 2. The van der Waals surface area contributed by atoms with E-state index in [2.05, 4.69) is 20.8 Å². The van der Waals surface area contributed by atoms with E-state index < -0.39 is 5.97 Å². The summed E-state index contributed by atoms with van der Waals surface area (Å²) in [6.07, 6.45) is 3.02. The zero-order valence-electron chi connectivity index (χ0n) is 13.1. The SMILES string of the molecule is CCCCN(C(=O)N1CC(C(C)C(=O)O)C1)C(C)CC. The van der Waals surface area contributed by atoms with Crippen molar-refractivity contribution in [3.05, 3.63) is 0 Å². The zero-order chi connectivity index (χ0) is 15.3. The van der Waals surface area contributed by atoms with E-state index in [1.165, 1.54) is 0 Å². The zero-order valence-corrected chi connectivity index (χ0v) is 13.1. The molecular formula is C15H28N2O3. The monoisotopic (exact) mass is 284 g/mol. The maximum Gasteiger partial charge on any atom is 0.320 e. The van der Waals surface area contributed by atoms with Crippen molar-refractivity contribution in [2.24, 2.45) is 11.8 Å². The summed E-state index contributed by atoms with van der Waals surface area (Å²) < 4.78 is 0. The molecule has 5 nitrogen and oxygen atoms in total. The molecule has 0 aliphatic carbocycles. The fraction of sp³-hybridized carbons (Fsp3) is 0.867. The average molecular weight is 284 g/mol. The third-order valence-electron chi connectivity index (χ3n) is 4.40. The summed E-state index contributed by atoms with van der Waals surface area (Å²) in [6.45, 7) is 9.94. The first-order valence-electron chi connectivity index (χ1n) is 7.70. The molecule has 0 aromatic heterocycles. The van der Waals surface area contributed by atoms with Crippen molar-refractivity contribution in [3.63, 3.8) is 0 Å². The van der Waals surface area contributed by atoms with Crippen LogP contribution in [-0.2, 0) is 4.79 Å². The van der Waals surface area contributed by atoms with Crippen LogP contribution in [-0.4, -0.2) is 52.6 Å². The Morgan fingerprint density at radius 3 is 2.35 bits per heavy atom. The number of carboxylic acid groups (broad SMARTS) is 1. The summed E-state index contributed by atoms with van der Waals surface area (Å²) in [5.74, 6) is -1.04. The van der Waals surface area contributed by atoms with Crippen LogP contribution in [0.1, 0.15) is 47.0 Å². The molecule has 2 amide bonds. The minimum absolute atomic E-state index is 0.0710. The van der Waals surface area contributed by atoms with Gasteiger partial charge in [0.2, 0.25) is 0 Å². The molecule has 0 aromatic rings. The molecule has 1 rings (SSSR count). The van der Waals surface area contributed by atoms with Crippen molar-refractivity contribution >= 4 is 12.0 Å². The van der Waals surface area contributed by atoms with Crippen molar-refractivity contribution in [3.8, 4) is 0 Å². The topological polar surface area (TPSA) is 60.9 Å². The predicted octanol–water partition coefficient (Wildman–Crippen LogP) is 2.66. The highest BCUT2D eigenvalue weighted by atomic mass is 16.4. The van der Waals surface area contributed by atoms with Gasteiger partial charge in [0.1, 0.15) is 0 Å². The lowest BCUT2D eigenvalue weighted by atomic mass is 9.87. The van der Waals surface area contributed by atoms with E-state index in [1.807, 2.05) is 4.90 Å². The Morgan fingerprint density at radius 2 is 1.90 bits per heavy atom. The largest absolute Gasteiger partial charge is 0.481 e. The second-order valence-electron chi connectivity index (χ2n) is 5.88. The van der Waals surface area contributed by atoms with Gasteiger partial charge >= 0.3 is 12.0 Å². The molecular weight excluding hydrogens is 256 g/mol. The van der Waals surface area contributed by atoms with Crippen LogP contribution in [0.3, 0.4) is 0 Å². The fourth-order valence-corrected chi connectivity index (χ4v) is 2.42. The van der Waals surface area contributed by atoms with Gasteiger partial charge in [-0.25, -0.2) is 4.79 Å². The summed E-state index contributed by atoms with van der Waals surface area (Å²) in [7, 11) is 0. The smallest absolute Gasteiger partial charge is 0.320 e. The van der Waals surface area contributed by atoms with Crippen LogP contribution in [0.5, 0.6) is 0 Å². The number of hydrogen-bond donors (Lipinski definition) is 1. The highest BCUT2D eigenvalue weighted by Gasteiger charge is 2.39. The van der Waals surface area contributed by atoms with Gasteiger partial charge in [0.05, 0.1) is 5.92 Å². The Labute approximate surface area is 121 Å². The number of carboxylic acids is 1. The number of carbonyl (C=O) groups is 2. The second kappa shape index (κ2) is 7.50. The summed E-state index contributed by atoms with van der Waals surface area (Å²) in [4.78, 5) is 27.1. The number of aliphatic carboxylic acids is 1. The molecule has 2 atom stereocenters. The predicted molar refractivity (Wildman–Crippen MR) is 78.6 cm³/mol. The van der Waals surface area contributed by atoms with Crippen LogP contribution in [0.2, 0.25) is 0 Å². The molecule has 0 radical (unpaired) electrons. The molecule has 0 saturated carbocycles. The van der Waals surface area contributed by atoms with Gasteiger partial charge in [-0.3, -0.25) is 4.79 Å². The van der Waals surface area contributed by atoms with Gasteiger partial charge in [-0.05, 0) is 19.8 Å². The maximum atomic E-state index is 12.5. The first-order chi connectivity index (χ1) is 9.42. The minimum atomic E-state index is -0.771. The number of amides is 2. The molecule has 116 valence electrons. The molecule has 1 aliphatic rings. The van der Waals surface area contributed by atoms with Crippen LogP contribution in [0.15, 0.2) is 0 Å². The fourth-order valence-electron chi connectivity index (χ4n) is 2.42. The van der Waals surface area contributed by atoms with E-state index in [0.29, 0.717) is 13.1 Å². The average Bonchev–Trinajstić information content (AvgIpc) is 2.36. The van der Waals surface area contributed by atoms with E-state index in [-0.39, 0.29) is 23.9 Å². The van der Waals surface area contributed by atoms with Crippen LogP contribution >= 0.6 is 0 Å². The molecule has 0 spiro atoms. The second-order valence-corrected chi connectivity index (χ2v) is 5.88. The summed E-state index contributed by atoms with van der Waals surface area (Å²) in [5, 5.41) is 8.98. The van der Waals surface area contributed by atoms with E-state index in [9.17, 15) is 9.59 Å². The standard InChI is InChI=1S/C15H28N2O3/c1-5-7-8-17(11(3)6-2)15(20)16-9-13(10-16)12(4)14(18)19/h11-13H,5-10H2,1-4H3,(H,18,19). The van der Waals surface area contributed by atoms with Crippen molar-refractivity contribution in [2.75, 3.05) is 19.6 Å². The van der Waals surface area contributed by atoms with Gasteiger partial charge in [-0.1, -0.05) is 27.2 Å². The molecule has 1 fully saturated rings. The number of rotatable bonds is 7. The Kier molecular flexibility index (Phi) is 6.30. The summed E-state index contributed by atoms with van der Waals surface area (Å²) in [5.41, 5.74) is 0. The Balaban J connectivity index is 2.53. The van der Waals surface area contributed by atoms with Gasteiger partial charge in [0, 0.05) is 31.6 Å². The third kappa shape index (κ3) is 3.87. The molecule has 20 heavy (non-hydrogen) atoms. The van der Waals surface area contributed by atoms with Crippen LogP contribution < -0.4 is 0 Å². The quantitative estimate of drug-likeness (QED) is 0.782. The van der Waals surface area contributed by atoms with Crippen molar-refractivity contribution < 1.29 is 14.7 Å². The van der Waals surface area contributed by atoms with Crippen molar-refractivity contribution in [1.29, 1.82) is 0 Å². The van der Waals surface area contributed by atoms with Gasteiger partial charge in [0.15, 0.2) is 0 Å². The highest BCUT2D eigenvalue weighted by molar-refractivity contribution is 5.76. The van der Waals surface area contributed by atoms with Gasteiger partial charge in [-0.15, -0.1) is 0 Å².